The van der Waals surface area contributed by atoms with Gasteiger partial charge in [-0.1, -0.05) is 12.1 Å². The monoisotopic (exact) mass is 290 g/mol. The third-order valence-corrected chi connectivity index (χ3v) is 3.84. The van der Waals surface area contributed by atoms with Crippen LogP contribution in [-0.2, 0) is 4.74 Å². The molecule has 2 N–H and O–H groups in total. The van der Waals surface area contributed by atoms with Crippen molar-refractivity contribution in [3.63, 3.8) is 0 Å². The number of hydrogen-bond acceptors (Lipinski definition) is 5. The third-order valence-electron chi connectivity index (χ3n) is 3.84. The maximum absolute atomic E-state index is 10.4. The van der Waals surface area contributed by atoms with E-state index in [9.17, 15) is 5.11 Å². The van der Waals surface area contributed by atoms with E-state index in [1.807, 2.05) is 30.3 Å². The molecule has 1 atom stereocenters. The van der Waals surface area contributed by atoms with Crippen molar-refractivity contribution in [2.45, 2.75) is 31.4 Å². The Bertz CT molecular complexity index is 475. The van der Waals surface area contributed by atoms with Crippen LogP contribution in [0.2, 0.25) is 0 Å². The molecule has 0 amide bonds. The Morgan fingerprint density at radius 1 is 1.38 bits per heavy atom. The molecule has 1 aliphatic rings. The summed E-state index contributed by atoms with van der Waals surface area (Å²) in [5.74, 6) is 0.690. The van der Waals surface area contributed by atoms with Gasteiger partial charge in [-0.2, -0.15) is 5.26 Å². The number of nitrogens with zero attached hydrogens (tertiary/aromatic N) is 1. The molecule has 1 unspecified atom stereocenters. The second-order valence-corrected chi connectivity index (χ2v) is 5.46. The summed E-state index contributed by atoms with van der Waals surface area (Å²) in [6.45, 7) is 3.93. The molecule has 114 valence electrons. The lowest BCUT2D eigenvalue weighted by molar-refractivity contribution is -0.0626. The van der Waals surface area contributed by atoms with E-state index in [2.05, 4.69) is 12.2 Å². The van der Waals surface area contributed by atoms with Gasteiger partial charge < -0.3 is 19.9 Å². The number of benzene rings is 1. The first-order valence-electron chi connectivity index (χ1n) is 7.26. The smallest absolute Gasteiger partial charge is 0.174 e. The third kappa shape index (κ3) is 4.71. The van der Waals surface area contributed by atoms with Gasteiger partial charge in [-0.05, 0) is 24.6 Å². The van der Waals surface area contributed by atoms with Crippen molar-refractivity contribution in [3.8, 4) is 11.8 Å². The molecule has 21 heavy (non-hydrogen) atoms. The predicted molar refractivity (Wildman–Crippen MR) is 79.0 cm³/mol. The highest BCUT2D eigenvalue weighted by atomic mass is 16.5. The summed E-state index contributed by atoms with van der Waals surface area (Å²) in [5.41, 5.74) is 0.456. The van der Waals surface area contributed by atoms with E-state index in [0.29, 0.717) is 38.3 Å². The lowest BCUT2D eigenvalue weighted by Crippen LogP contribution is -2.45. The lowest BCUT2D eigenvalue weighted by atomic mass is 9.94. The van der Waals surface area contributed by atoms with Crippen molar-refractivity contribution < 1.29 is 14.6 Å². The van der Waals surface area contributed by atoms with Gasteiger partial charge in [0.2, 0.25) is 0 Å². The van der Waals surface area contributed by atoms with Crippen LogP contribution in [-0.4, -0.2) is 37.1 Å². The molecule has 1 heterocycles. The molecule has 1 aromatic rings. The van der Waals surface area contributed by atoms with Crippen LogP contribution in [0.3, 0.4) is 0 Å². The molecule has 0 aliphatic carbocycles. The molecule has 5 nitrogen and oxygen atoms in total. The molecule has 1 aliphatic heterocycles. The minimum absolute atomic E-state index is 0.0578. The van der Waals surface area contributed by atoms with E-state index < -0.39 is 5.60 Å². The average Bonchev–Trinajstić information content (AvgIpc) is 2.52. The molecule has 1 saturated heterocycles. The second kappa shape index (κ2) is 7.41. The molecule has 0 bridgehead atoms. The minimum Gasteiger partial charge on any atom is -0.479 e. The quantitative estimate of drug-likeness (QED) is 0.835. The van der Waals surface area contributed by atoms with Crippen molar-refractivity contribution in [2.75, 3.05) is 26.4 Å². The van der Waals surface area contributed by atoms with Crippen LogP contribution in [0.1, 0.15) is 31.4 Å². The maximum Gasteiger partial charge on any atom is 0.174 e. The van der Waals surface area contributed by atoms with Gasteiger partial charge in [-0.25, -0.2) is 0 Å². The topological polar surface area (TPSA) is 74.5 Å². The van der Waals surface area contributed by atoms with Gasteiger partial charge >= 0.3 is 0 Å². The average molecular weight is 290 g/mol. The highest BCUT2D eigenvalue weighted by molar-refractivity contribution is 5.29. The van der Waals surface area contributed by atoms with Crippen LogP contribution < -0.4 is 10.1 Å². The van der Waals surface area contributed by atoms with Gasteiger partial charge in [0.15, 0.2) is 6.61 Å². The maximum atomic E-state index is 10.4. The zero-order chi connectivity index (χ0) is 15.1. The first-order valence-corrected chi connectivity index (χ1v) is 7.26. The number of hydrogen-bond donors (Lipinski definition) is 2. The van der Waals surface area contributed by atoms with E-state index in [4.69, 9.17) is 14.7 Å². The molecule has 5 heteroatoms. The fraction of sp³-hybridized carbons (Fsp3) is 0.562. The molecule has 0 spiro atoms. The standard InChI is InChI=1S/C16H22N2O3/c1-13(18-12-16(19)6-9-20-10-7-16)14-2-4-15(5-3-14)21-11-8-17/h2-5,13,18-19H,6-7,9-12H2,1H3. The Labute approximate surface area is 125 Å². The van der Waals surface area contributed by atoms with Crippen LogP contribution in [0.4, 0.5) is 0 Å². The van der Waals surface area contributed by atoms with E-state index in [-0.39, 0.29) is 12.6 Å². The van der Waals surface area contributed by atoms with Crippen molar-refractivity contribution >= 4 is 0 Å². The molecule has 0 aromatic heterocycles. The van der Waals surface area contributed by atoms with E-state index in [1.165, 1.54) is 0 Å². The molecule has 1 fully saturated rings. The highest BCUT2D eigenvalue weighted by Crippen LogP contribution is 2.22. The van der Waals surface area contributed by atoms with Gasteiger partial charge in [0.1, 0.15) is 11.8 Å². The van der Waals surface area contributed by atoms with Gasteiger partial charge in [0, 0.05) is 38.6 Å². The van der Waals surface area contributed by atoms with Crippen LogP contribution in [0, 0.1) is 11.3 Å². The normalized spacial score (nSPS) is 18.7. The van der Waals surface area contributed by atoms with Crippen LogP contribution in [0.5, 0.6) is 5.75 Å². The Morgan fingerprint density at radius 2 is 2.05 bits per heavy atom. The fourth-order valence-corrected chi connectivity index (χ4v) is 2.36. The number of ether oxygens (including phenoxy) is 2. The van der Waals surface area contributed by atoms with E-state index >= 15 is 0 Å². The van der Waals surface area contributed by atoms with Gasteiger partial charge in [-0.3, -0.25) is 0 Å². The SMILES string of the molecule is CC(NCC1(O)CCOCC1)c1ccc(OCC#N)cc1. The molecule has 0 saturated carbocycles. The molecule has 1 aromatic carbocycles. The van der Waals surface area contributed by atoms with Crippen LogP contribution in [0.15, 0.2) is 24.3 Å². The fourth-order valence-electron chi connectivity index (χ4n) is 2.36. The summed E-state index contributed by atoms with van der Waals surface area (Å²) in [5, 5.41) is 22.3. The first-order chi connectivity index (χ1) is 10.1. The summed E-state index contributed by atoms with van der Waals surface area (Å²) in [4.78, 5) is 0. The van der Waals surface area contributed by atoms with Crippen molar-refractivity contribution in [2.24, 2.45) is 0 Å². The van der Waals surface area contributed by atoms with E-state index in [0.717, 1.165) is 5.56 Å². The Balaban J connectivity index is 1.85. The number of aliphatic hydroxyl groups is 1. The summed E-state index contributed by atoms with van der Waals surface area (Å²) in [6, 6.07) is 9.73. The van der Waals surface area contributed by atoms with Crippen LogP contribution in [0.25, 0.3) is 0 Å². The molecular formula is C16H22N2O3. The van der Waals surface area contributed by atoms with Crippen molar-refractivity contribution in [1.82, 2.24) is 5.32 Å². The Hall–Kier alpha value is -1.61. The number of nitriles is 1. The Morgan fingerprint density at radius 3 is 2.67 bits per heavy atom. The van der Waals surface area contributed by atoms with Gasteiger partial charge in [0.05, 0.1) is 5.60 Å². The number of nitrogens with one attached hydrogen (secondary N) is 1. The van der Waals surface area contributed by atoms with Crippen molar-refractivity contribution in [3.05, 3.63) is 29.8 Å². The Kier molecular flexibility index (Phi) is 5.57. The summed E-state index contributed by atoms with van der Waals surface area (Å²) in [7, 11) is 0. The largest absolute Gasteiger partial charge is 0.479 e. The second-order valence-electron chi connectivity index (χ2n) is 5.46. The highest BCUT2D eigenvalue weighted by Gasteiger charge is 2.29. The summed E-state index contributed by atoms with van der Waals surface area (Å²) in [6.07, 6.45) is 1.35. The summed E-state index contributed by atoms with van der Waals surface area (Å²) >= 11 is 0. The lowest BCUT2D eigenvalue weighted by Gasteiger charge is -2.33. The van der Waals surface area contributed by atoms with Crippen molar-refractivity contribution in [1.29, 1.82) is 5.26 Å². The number of rotatable bonds is 6. The van der Waals surface area contributed by atoms with Gasteiger partial charge in [-0.15, -0.1) is 0 Å². The molecule has 0 radical (unpaired) electrons. The predicted octanol–water partition coefficient (Wildman–Crippen LogP) is 1.78. The van der Waals surface area contributed by atoms with Gasteiger partial charge in [0.25, 0.3) is 0 Å². The molecular weight excluding hydrogens is 268 g/mol. The first kappa shape index (κ1) is 15.8. The summed E-state index contributed by atoms with van der Waals surface area (Å²) < 4.78 is 10.5. The zero-order valence-electron chi connectivity index (χ0n) is 12.3. The molecule has 2 rings (SSSR count). The minimum atomic E-state index is -0.664. The van der Waals surface area contributed by atoms with Crippen LogP contribution >= 0.6 is 0 Å². The van der Waals surface area contributed by atoms with E-state index in [1.54, 1.807) is 0 Å². The zero-order valence-corrected chi connectivity index (χ0v) is 12.3.